The van der Waals surface area contributed by atoms with Gasteiger partial charge in [-0.15, -0.1) is 0 Å². The number of ether oxygens (including phenoxy) is 1. The van der Waals surface area contributed by atoms with E-state index in [4.69, 9.17) is 4.74 Å². The molecular weight excluding hydrogens is 482 g/mol. The summed E-state index contributed by atoms with van der Waals surface area (Å²) in [6.07, 6.45) is 2.24. The summed E-state index contributed by atoms with van der Waals surface area (Å²) in [5.74, 6) is 0.460. The molecule has 0 radical (unpaired) electrons. The largest absolute Gasteiger partial charge is 0.497 e. The molecule has 0 aliphatic carbocycles. The second-order valence-corrected chi connectivity index (χ2v) is 8.68. The number of carbonyl (C=O) groups excluding carboxylic acids is 1. The van der Waals surface area contributed by atoms with E-state index in [1.165, 1.54) is 17.8 Å². The molecular formula is C29H25N5O4. The lowest BCUT2D eigenvalue weighted by Crippen LogP contribution is -2.38. The first-order valence-corrected chi connectivity index (χ1v) is 12.0. The van der Waals surface area contributed by atoms with Crippen LogP contribution in [0.1, 0.15) is 15.9 Å². The Balaban J connectivity index is 1.43. The van der Waals surface area contributed by atoms with E-state index in [9.17, 15) is 14.4 Å². The van der Waals surface area contributed by atoms with E-state index < -0.39 is 11.2 Å². The van der Waals surface area contributed by atoms with Crippen molar-refractivity contribution in [2.24, 2.45) is 7.05 Å². The van der Waals surface area contributed by atoms with Gasteiger partial charge < -0.3 is 10.1 Å². The summed E-state index contributed by atoms with van der Waals surface area (Å²) < 4.78 is 7.51. The second-order valence-electron chi connectivity index (χ2n) is 8.68. The maximum atomic E-state index is 13.4. The van der Waals surface area contributed by atoms with Gasteiger partial charge in [0, 0.05) is 24.7 Å². The van der Waals surface area contributed by atoms with Crippen LogP contribution in [0.2, 0.25) is 0 Å². The lowest BCUT2D eigenvalue weighted by Gasteiger charge is -2.11. The van der Waals surface area contributed by atoms with Gasteiger partial charge in [-0.2, -0.15) is 0 Å². The van der Waals surface area contributed by atoms with E-state index in [1.54, 1.807) is 43.5 Å². The molecule has 1 amide bonds. The highest BCUT2D eigenvalue weighted by molar-refractivity contribution is 5.94. The van der Waals surface area contributed by atoms with Gasteiger partial charge in [-0.3, -0.25) is 14.2 Å². The van der Waals surface area contributed by atoms with E-state index in [0.29, 0.717) is 35.7 Å². The zero-order chi connectivity index (χ0) is 26.6. The summed E-state index contributed by atoms with van der Waals surface area (Å²) in [7, 11) is 3.12. The van der Waals surface area contributed by atoms with Gasteiger partial charge >= 0.3 is 5.69 Å². The lowest BCUT2D eigenvalue weighted by atomic mass is 10.1. The number of hydrogen-bond acceptors (Lipinski definition) is 6. The van der Waals surface area contributed by atoms with Gasteiger partial charge in [0.25, 0.3) is 11.5 Å². The quantitative estimate of drug-likeness (QED) is 0.363. The molecule has 0 fully saturated rings. The summed E-state index contributed by atoms with van der Waals surface area (Å²) in [5.41, 5.74) is 2.22. The maximum absolute atomic E-state index is 13.4. The van der Waals surface area contributed by atoms with Crippen LogP contribution in [0.4, 0.5) is 0 Å². The minimum absolute atomic E-state index is 0.0585. The molecule has 9 nitrogen and oxygen atoms in total. The molecule has 38 heavy (non-hydrogen) atoms. The van der Waals surface area contributed by atoms with Crippen molar-refractivity contribution < 1.29 is 9.53 Å². The van der Waals surface area contributed by atoms with Crippen molar-refractivity contribution in [3.05, 3.63) is 117 Å². The Morgan fingerprint density at radius 3 is 2.34 bits per heavy atom. The van der Waals surface area contributed by atoms with Crippen LogP contribution in [-0.2, 0) is 13.5 Å². The van der Waals surface area contributed by atoms with Crippen LogP contribution in [0.15, 0.2) is 94.6 Å². The highest BCUT2D eigenvalue weighted by Gasteiger charge is 2.16. The van der Waals surface area contributed by atoms with Crippen molar-refractivity contribution in [2.75, 3.05) is 13.7 Å². The number of nitrogens with zero attached hydrogens (tertiary/aromatic N) is 4. The molecule has 0 aliphatic heterocycles. The fourth-order valence-corrected chi connectivity index (χ4v) is 4.16. The highest BCUT2D eigenvalue weighted by atomic mass is 16.5. The monoisotopic (exact) mass is 507 g/mol. The number of methoxy groups -OCH3 is 1. The third-order valence-corrected chi connectivity index (χ3v) is 6.27. The van der Waals surface area contributed by atoms with Crippen LogP contribution in [0.5, 0.6) is 5.75 Å². The third kappa shape index (κ3) is 4.81. The smallest absolute Gasteiger partial charge is 0.337 e. The van der Waals surface area contributed by atoms with Gasteiger partial charge in [0.15, 0.2) is 11.2 Å². The van der Waals surface area contributed by atoms with Crippen LogP contribution < -0.4 is 21.3 Å². The van der Waals surface area contributed by atoms with Gasteiger partial charge in [0.2, 0.25) is 0 Å². The first-order chi connectivity index (χ1) is 18.5. The van der Waals surface area contributed by atoms with E-state index in [2.05, 4.69) is 15.3 Å². The highest BCUT2D eigenvalue weighted by Crippen LogP contribution is 2.21. The summed E-state index contributed by atoms with van der Waals surface area (Å²) in [6, 6.07) is 23.4. The standard InChI is InChI=1S/C29H25N5O4/c1-33-26-25(32-24(18-31-26)20-10-14-23(38-2)15-11-20)28(36)34(29(33)37)22-12-8-21(9-13-22)27(35)30-17-16-19-6-4-3-5-7-19/h3-15,18H,16-17H2,1-2H3,(H,30,35). The lowest BCUT2D eigenvalue weighted by molar-refractivity contribution is 0.0954. The topological polar surface area (TPSA) is 108 Å². The van der Waals surface area contributed by atoms with Crippen molar-refractivity contribution >= 4 is 17.1 Å². The molecule has 5 rings (SSSR count). The van der Waals surface area contributed by atoms with Gasteiger partial charge in [0.1, 0.15) is 5.75 Å². The van der Waals surface area contributed by atoms with Gasteiger partial charge in [-0.05, 0) is 60.5 Å². The molecule has 0 aliphatic rings. The number of carbonyl (C=O) groups is 1. The van der Waals surface area contributed by atoms with Gasteiger partial charge in [-0.1, -0.05) is 30.3 Å². The molecule has 3 aromatic carbocycles. The van der Waals surface area contributed by atoms with E-state index in [-0.39, 0.29) is 17.1 Å². The van der Waals surface area contributed by atoms with Crippen molar-refractivity contribution in [1.82, 2.24) is 24.4 Å². The van der Waals surface area contributed by atoms with Crippen molar-refractivity contribution in [2.45, 2.75) is 6.42 Å². The van der Waals surface area contributed by atoms with Crippen LogP contribution in [0.25, 0.3) is 28.1 Å². The summed E-state index contributed by atoms with van der Waals surface area (Å²) >= 11 is 0. The Labute approximate surface area is 218 Å². The molecule has 9 heteroatoms. The number of hydrogen-bond donors (Lipinski definition) is 1. The number of amides is 1. The molecule has 2 aromatic heterocycles. The number of rotatable bonds is 7. The molecule has 0 saturated carbocycles. The van der Waals surface area contributed by atoms with E-state index in [1.807, 2.05) is 42.5 Å². The zero-order valence-corrected chi connectivity index (χ0v) is 20.9. The minimum atomic E-state index is -0.592. The molecule has 0 atom stereocenters. The molecule has 0 saturated heterocycles. The first kappa shape index (κ1) is 24.6. The SMILES string of the molecule is COc1ccc(-c2cnc3c(n2)c(=O)n(-c2ccc(C(=O)NCCc4ccccc4)cc2)c(=O)n3C)cc1. The number of fused-ring (bicyclic) bond motifs is 1. The number of nitrogens with one attached hydrogen (secondary N) is 1. The third-order valence-electron chi connectivity index (χ3n) is 6.27. The minimum Gasteiger partial charge on any atom is -0.497 e. The Kier molecular flexibility index (Phi) is 6.82. The van der Waals surface area contributed by atoms with Gasteiger partial charge in [-0.25, -0.2) is 19.3 Å². The molecule has 5 aromatic rings. The number of aryl methyl sites for hydroxylation is 1. The fourth-order valence-electron chi connectivity index (χ4n) is 4.16. The van der Waals surface area contributed by atoms with E-state index in [0.717, 1.165) is 15.7 Å². The number of aromatic nitrogens is 4. The van der Waals surface area contributed by atoms with E-state index >= 15 is 0 Å². The Morgan fingerprint density at radius 1 is 0.947 bits per heavy atom. The van der Waals surface area contributed by atoms with Crippen LogP contribution in [-0.4, -0.2) is 38.7 Å². The molecule has 190 valence electrons. The predicted octanol–water partition coefficient (Wildman–Crippen LogP) is 3.13. The summed E-state index contributed by atoms with van der Waals surface area (Å²) in [5, 5.41) is 2.89. The molecule has 0 spiro atoms. The zero-order valence-electron chi connectivity index (χ0n) is 20.9. The predicted molar refractivity (Wildman–Crippen MR) is 145 cm³/mol. The molecule has 0 unspecified atom stereocenters. The summed E-state index contributed by atoms with van der Waals surface area (Å²) in [4.78, 5) is 48.0. The second kappa shape index (κ2) is 10.5. The Bertz CT molecular complexity index is 1720. The summed E-state index contributed by atoms with van der Waals surface area (Å²) in [6.45, 7) is 0.491. The molecule has 2 heterocycles. The average molecular weight is 508 g/mol. The Morgan fingerprint density at radius 2 is 1.66 bits per heavy atom. The van der Waals surface area contributed by atoms with Crippen LogP contribution in [0, 0.1) is 0 Å². The van der Waals surface area contributed by atoms with Crippen LogP contribution in [0.3, 0.4) is 0 Å². The fraction of sp³-hybridized carbons (Fsp3) is 0.138. The Hall–Kier alpha value is -5.05. The van der Waals surface area contributed by atoms with Crippen molar-refractivity contribution in [3.63, 3.8) is 0 Å². The van der Waals surface area contributed by atoms with Crippen LogP contribution >= 0.6 is 0 Å². The molecule has 1 N–H and O–H groups in total. The van der Waals surface area contributed by atoms with Crippen molar-refractivity contribution in [3.8, 4) is 22.7 Å². The number of benzene rings is 3. The van der Waals surface area contributed by atoms with Crippen molar-refractivity contribution in [1.29, 1.82) is 0 Å². The first-order valence-electron chi connectivity index (χ1n) is 12.0. The normalized spacial score (nSPS) is 10.9. The molecule has 0 bridgehead atoms. The van der Waals surface area contributed by atoms with Gasteiger partial charge in [0.05, 0.1) is 24.7 Å². The maximum Gasteiger partial charge on any atom is 0.337 e. The average Bonchev–Trinajstić information content (AvgIpc) is 2.97.